The number of hydrogen-bond donors (Lipinski definition) is 1. The van der Waals surface area contributed by atoms with E-state index in [9.17, 15) is 4.79 Å². The normalized spacial score (nSPS) is 10.5. The van der Waals surface area contributed by atoms with Crippen LogP contribution in [0.15, 0.2) is 40.9 Å². The maximum absolute atomic E-state index is 12.1. The highest BCUT2D eigenvalue weighted by molar-refractivity contribution is 9.10. The van der Waals surface area contributed by atoms with Gasteiger partial charge in [0, 0.05) is 4.47 Å². The number of nitrogens with one attached hydrogen (secondary N) is 1. The molecule has 24 heavy (non-hydrogen) atoms. The van der Waals surface area contributed by atoms with Gasteiger partial charge in [0.1, 0.15) is 5.75 Å². The van der Waals surface area contributed by atoms with E-state index in [4.69, 9.17) is 4.74 Å². The van der Waals surface area contributed by atoms with Crippen LogP contribution in [0.2, 0.25) is 0 Å². The first kappa shape index (κ1) is 18.5. The van der Waals surface area contributed by atoms with Crippen LogP contribution in [0.25, 0.3) is 0 Å². The van der Waals surface area contributed by atoms with Crippen molar-refractivity contribution in [2.24, 2.45) is 0 Å². The van der Waals surface area contributed by atoms with E-state index in [2.05, 4.69) is 40.3 Å². The average molecular weight is 390 g/mol. The van der Waals surface area contributed by atoms with Gasteiger partial charge in [-0.15, -0.1) is 0 Å². The maximum atomic E-state index is 12.1. The van der Waals surface area contributed by atoms with Crippen molar-refractivity contribution in [2.45, 2.75) is 40.0 Å². The van der Waals surface area contributed by atoms with Gasteiger partial charge in [0.05, 0.1) is 5.69 Å². The lowest BCUT2D eigenvalue weighted by molar-refractivity contribution is -0.118. The van der Waals surface area contributed by atoms with Gasteiger partial charge >= 0.3 is 0 Å². The summed E-state index contributed by atoms with van der Waals surface area (Å²) in [7, 11) is 0. The molecule has 0 unspecified atom stereocenters. The minimum absolute atomic E-state index is 0.00741. The number of amides is 1. The van der Waals surface area contributed by atoms with E-state index in [1.807, 2.05) is 38.1 Å². The van der Waals surface area contributed by atoms with Crippen LogP contribution in [0.4, 0.5) is 5.69 Å². The van der Waals surface area contributed by atoms with Gasteiger partial charge in [0.15, 0.2) is 6.61 Å². The number of unbranched alkanes of at least 4 members (excludes halogenated alkanes) is 1. The van der Waals surface area contributed by atoms with Crippen LogP contribution in [-0.2, 0) is 11.2 Å². The number of aryl methyl sites for hydroxylation is 3. The van der Waals surface area contributed by atoms with Crippen LogP contribution in [-0.4, -0.2) is 12.5 Å². The fourth-order valence-corrected chi connectivity index (χ4v) is 2.86. The number of hydrogen-bond acceptors (Lipinski definition) is 2. The summed E-state index contributed by atoms with van der Waals surface area (Å²) >= 11 is 3.53. The molecule has 4 heteroatoms. The third kappa shape index (κ3) is 5.38. The Morgan fingerprint density at radius 1 is 1.12 bits per heavy atom. The second kappa shape index (κ2) is 8.88. The Morgan fingerprint density at radius 3 is 2.58 bits per heavy atom. The summed E-state index contributed by atoms with van der Waals surface area (Å²) in [6.07, 6.45) is 3.40. The monoisotopic (exact) mass is 389 g/mol. The van der Waals surface area contributed by atoms with E-state index in [-0.39, 0.29) is 12.5 Å². The van der Waals surface area contributed by atoms with Crippen LogP contribution in [0, 0.1) is 13.8 Å². The van der Waals surface area contributed by atoms with Crippen molar-refractivity contribution < 1.29 is 9.53 Å². The van der Waals surface area contributed by atoms with Gasteiger partial charge in [-0.05, 0) is 83.6 Å². The summed E-state index contributed by atoms with van der Waals surface area (Å²) in [4.78, 5) is 12.1. The van der Waals surface area contributed by atoms with Crippen LogP contribution in [0.3, 0.4) is 0 Å². The van der Waals surface area contributed by atoms with Gasteiger partial charge < -0.3 is 10.1 Å². The molecular formula is C20H24BrNO2. The van der Waals surface area contributed by atoms with Crippen molar-refractivity contribution in [1.82, 2.24) is 0 Å². The van der Waals surface area contributed by atoms with E-state index in [1.165, 1.54) is 24.0 Å². The maximum Gasteiger partial charge on any atom is 0.262 e. The summed E-state index contributed by atoms with van der Waals surface area (Å²) in [6, 6.07) is 11.9. The van der Waals surface area contributed by atoms with Gasteiger partial charge in [-0.2, -0.15) is 0 Å². The fraction of sp³-hybridized carbons (Fsp3) is 0.350. The Balaban J connectivity index is 1.90. The Morgan fingerprint density at radius 2 is 1.92 bits per heavy atom. The molecule has 0 aliphatic heterocycles. The molecular weight excluding hydrogens is 366 g/mol. The molecule has 0 saturated carbocycles. The van der Waals surface area contributed by atoms with Gasteiger partial charge in [-0.25, -0.2) is 0 Å². The summed E-state index contributed by atoms with van der Waals surface area (Å²) in [5, 5.41) is 2.88. The Bertz CT molecular complexity index is 713. The number of carbonyl (C=O) groups excluding carboxylic acids is 1. The molecule has 2 aromatic rings. The van der Waals surface area contributed by atoms with E-state index in [1.54, 1.807) is 0 Å². The molecule has 0 saturated heterocycles. The lowest BCUT2D eigenvalue weighted by Crippen LogP contribution is -2.20. The van der Waals surface area contributed by atoms with Gasteiger partial charge in [0.25, 0.3) is 5.91 Å². The Hall–Kier alpha value is -1.81. The third-order valence-electron chi connectivity index (χ3n) is 3.97. The van der Waals surface area contributed by atoms with E-state index < -0.39 is 0 Å². The SMILES string of the molecule is CCCCc1ccc(NC(=O)COc2ccc(C)c(C)c2)c(Br)c1. The van der Waals surface area contributed by atoms with Crippen LogP contribution < -0.4 is 10.1 Å². The summed E-state index contributed by atoms with van der Waals surface area (Å²) in [5.41, 5.74) is 4.40. The van der Waals surface area contributed by atoms with Crippen molar-refractivity contribution >= 4 is 27.5 Å². The summed E-state index contributed by atoms with van der Waals surface area (Å²) in [5.74, 6) is 0.539. The van der Waals surface area contributed by atoms with Crippen LogP contribution in [0.5, 0.6) is 5.75 Å². The first-order valence-electron chi connectivity index (χ1n) is 8.28. The molecule has 2 rings (SSSR count). The molecule has 0 aliphatic rings. The second-order valence-electron chi connectivity index (χ2n) is 6.00. The zero-order valence-electron chi connectivity index (χ0n) is 14.5. The van der Waals surface area contributed by atoms with E-state index in [0.29, 0.717) is 5.75 Å². The average Bonchev–Trinajstić information content (AvgIpc) is 2.56. The quantitative estimate of drug-likeness (QED) is 0.685. The van der Waals surface area contributed by atoms with Crippen molar-refractivity contribution in [3.63, 3.8) is 0 Å². The van der Waals surface area contributed by atoms with Crippen LogP contribution in [0.1, 0.15) is 36.5 Å². The number of carbonyl (C=O) groups is 1. The largest absolute Gasteiger partial charge is 0.484 e. The molecule has 0 radical (unpaired) electrons. The number of anilines is 1. The third-order valence-corrected chi connectivity index (χ3v) is 4.63. The molecule has 0 spiro atoms. The zero-order chi connectivity index (χ0) is 17.5. The highest BCUT2D eigenvalue weighted by atomic mass is 79.9. The predicted octanol–water partition coefficient (Wildman–Crippen LogP) is 5.43. The smallest absolute Gasteiger partial charge is 0.262 e. The number of halogens is 1. The summed E-state index contributed by atoms with van der Waals surface area (Å²) in [6.45, 7) is 6.25. The molecule has 0 aliphatic carbocycles. The minimum Gasteiger partial charge on any atom is -0.484 e. The topological polar surface area (TPSA) is 38.3 Å². The highest BCUT2D eigenvalue weighted by Crippen LogP contribution is 2.24. The standard InChI is InChI=1S/C20H24BrNO2/c1-4-5-6-16-8-10-19(18(21)12-16)22-20(23)13-24-17-9-7-14(2)15(3)11-17/h7-12H,4-6,13H2,1-3H3,(H,22,23). The lowest BCUT2D eigenvalue weighted by Gasteiger charge is -2.11. The molecule has 0 atom stereocenters. The molecule has 2 aromatic carbocycles. The molecule has 1 amide bonds. The first-order chi connectivity index (χ1) is 11.5. The van der Waals surface area contributed by atoms with Gasteiger partial charge in [-0.3, -0.25) is 4.79 Å². The number of rotatable bonds is 7. The molecule has 3 nitrogen and oxygen atoms in total. The van der Waals surface area contributed by atoms with Crippen molar-refractivity contribution in [3.8, 4) is 5.75 Å². The van der Waals surface area contributed by atoms with Gasteiger partial charge in [0.2, 0.25) is 0 Å². The first-order valence-corrected chi connectivity index (χ1v) is 9.07. The molecule has 0 fully saturated rings. The Labute approximate surface area is 152 Å². The molecule has 1 N–H and O–H groups in total. The second-order valence-corrected chi connectivity index (χ2v) is 6.86. The van der Waals surface area contributed by atoms with E-state index >= 15 is 0 Å². The molecule has 0 bridgehead atoms. The fourth-order valence-electron chi connectivity index (χ4n) is 2.34. The molecule has 128 valence electrons. The molecule has 0 heterocycles. The highest BCUT2D eigenvalue weighted by Gasteiger charge is 2.08. The summed E-state index contributed by atoms with van der Waals surface area (Å²) < 4.78 is 6.46. The van der Waals surface area contributed by atoms with E-state index in [0.717, 1.165) is 22.1 Å². The predicted molar refractivity (Wildman–Crippen MR) is 103 cm³/mol. The number of ether oxygens (including phenoxy) is 1. The van der Waals surface area contributed by atoms with Crippen molar-refractivity contribution in [3.05, 3.63) is 57.6 Å². The van der Waals surface area contributed by atoms with Crippen molar-refractivity contribution in [2.75, 3.05) is 11.9 Å². The van der Waals surface area contributed by atoms with Crippen LogP contribution >= 0.6 is 15.9 Å². The lowest BCUT2D eigenvalue weighted by atomic mass is 10.1. The zero-order valence-corrected chi connectivity index (χ0v) is 16.1. The molecule has 0 aromatic heterocycles. The number of benzene rings is 2. The Kier molecular flexibility index (Phi) is 6.85. The van der Waals surface area contributed by atoms with Crippen molar-refractivity contribution in [1.29, 1.82) is 0 Å². The van der Waals surface area contributed by atoms with Gasteiger partial charge in [-0.1, -0.05) is 25.5 Å². The minimum atomic E-state index is -0.171.